The minimum atomic E-state index is -3.64. The van der Waals surface area contributed by atoms with E-state index in [-0.39, 0.29) is 22.4 Å². The first-order valence-electron chi connectivity index (χ1n) is 6.00. The minimum Gasteiger partial charge on any atom is -0.326 e. The maximum absolute atomic E-state index is 12.2. The van der Waals surface area contributed by atoms with E-state index in [4.69, 9.17) is 28.9 Å². The lowest BCUT2D eigenvalue weighted by Gasteiger charge is -2.14. The Labute approximate surface area is 124 Å². The molecular weight excluding hydrogens is 307 g/mol. The van der Waals surface area contributed by atoms with Crippen molar-refractivity contribution < 1.29 is 8.42 Å². The van der Waals surface area contributed by atoms with Gasteiger partial charge in [-0.15, -0.1) is 0 Å². The molecule has 0 aliphatic carbocycles. The van der Waals surface area contributed by atoms with E-state index < -0.39 is 10.0 Å². The van der Waals surface area contributed by atoms with Crippen LogP contribution in [0.4, 0.5) is 0 Å². The van der Waals surface area contributed by atoms with E-state index in [1.165, 1.54) is 12.1 Å². The van der Waals surface area contributed by atoms with Gasteiger partial charge in [-0.3, -0.25) is 0 Å². The largest absolute Gasteiger partial charge is 0.326 e. The van der Waals surface area contributed by atoms with Crippen molar-refractivity contribution in [1.82, 2.24) is 4.72 Å². The van der Waals surface area contributed by atoms with Gasteiger partial charge in [0.1, 0.15) is 4.90 Å². The van der Waals surface area contributed by atoms with Crippen molar-refractivity contribution in [3.8, 4) is 0 Å². The lowest BCUT2D eigenvalue weighted by atomic mass is 10.1. The molecular formula is C12H18Cl2N2O2S. The molecule has 108 valence electrons. The number of halogens is 2. The third-order valence-electron chi connectivity index (χ3n) is 2.96. The van der Waals surface area contributed by atoms with Gasteiger partial charge in [0.25, 0.3) is 0 Å². The van der Waals surface area contributed by atoms with E-state index in [0.717, 1.165) is 6.42 Å². The summed E-state index contributed by atoms with van der Waals surface area (Å²) in [7, 11) is -3.64. The number of rotatable bonds is 6. The van der Waals surface area contributed by atoms with Crippen molar-refractivity contribution in [3.05, 3.63) is 27.7 Å². The van der Waals surface area contributed by atoms with Crippen molar-refractivity contribution >= 4 is 33.2 Å². The molecule has 1 unspecified atom stereocenters. The summed E-state index contributed by atoms with van der Waals surface area (Å²) >= 11 is 12.0. The lowest BCUT2D eigenvalue weighted by molar-refractivity contribution is 0.528. The van der Waals surface area contributed by atoms with Crippen LogP contribution >= 0.6 is 23.2 Å². The Balaban J connectivity index is 3.09. The van der Waals surface area contributed by atoms with Crippen LogP contribution in [0.1, 0.15) is 25.8 Å². The summed E-state index contributed by atoms with van der Waals surface area (Å²) in [6, 6.07) is 2.89. The second-order valence-electron chi connectivity index (χ2n) is 4.41. The number of sulfonamides is 1. The molecule has 0 spiro atoms. The Morgan fingerprint density at radius 2 is 2.00 bits per heavy atom. The average Bonchev–Trinajstić information content (AvgIpc) is 2.36. The van der Waals surface area contributed by atoms with Crippen molar-refractivity contribution in [3.63, 3.8) is 0 Å². The van der Waals surface area contributed by atoms with Gasteiger partial charge in [-0.25, -0.2) is 13.1 Å². The molecule has 0 aliphatic heterocycles. The van der Waals surface area contributed by atoms with Crippen LogP contribution in [0.25, 0.3) is 0 Å². The number of nitrogens with two attached hydrogens (primary N) is 1. The zero-order chi connectivity index (χ0) is 14.6. The minimum absolute atomic E-state index is 0.0160. The molecule has 0 amide bonds. The Morgan fingerprint density at radius 3 is 2.53 bits per heavy atom. The van der Waals surface area contributed by atoms with Crippen LogP contribution in [-0.4, -0.2) is 15.0 Å². The van der Waals surface area contributed by atoms with Gasteiger partial charge in [0.2, 0.25) is 10.0 Å². The number of hydrogen-bond acceptors (Lipinski definition) is 3. The van der Waals surface area contributed by atoms with E-state index in [1.54, 1.807) is 0 Å². The predicted molar refractivity (Wildman–Crippen MR) is 79.0 cm³/mol. The fourth-order valence-electron chi connectivity index (χ4n) is 1.44. The third kappa shape index (κ3) is 4.07. The molecule has 1 aromatic rings. The van der Waals surface area contributed by atoms with Crippen molar-refractivity contribution in [1.29, 1.82) is 0 Å². The Hall–Kier alpha value is -0.330. The third-order valence-corrected chi connectivity index (χ3v) is 5.33. The zero-order valence-corrected chi connectivity index (χ0v) is 13.2. The molecule has 0 saturated heterocycles. The topological polar surface area (TPSA) is 72.2 Å². The maximum atomic E-state index is 12.2. The first kappa shape index (κ1) is 16.7. The molecule has 0 aromatic heterocycles. The van der Waals surface area contributed by atoms with E-state index in [2.05, 4.69) is 4.72 Å². The molecule has 19 heavy (non-hydrogen) atoms. The highest BCUT2D eigenvalue weighted by Gasteiger charge is 2.21. The summed E-state index contributed by atoms with van der Waals surface area (Å²) in [6.07, 6.45) is 0.894. The Kier molecular flexibility index (Phi) is 6.08. The Morgan fingerprint density at radius 1 is 1.37 bits per heavy atom. The average molecular weight is 325 g/mol. The van der Waals surface area contributed by atoms with Crippen molar-refractivity contribution in [2.24, 2.45) is 11.7 Å². The van der Waals surface area contributed by atoms with E-state index >= 15 is 0 Å². The molecule has 1 rings (SSSR count). The van der Waals surface area contributed by atoms with Crippen LogP contribution in [0.2, 0.25) is 10.0 Å². The van der Waals surface area contributed by atoms with E-state index in [1.807, 2.05) is 13.8 Å². The van der Waals surface area contributed by atoms with Crippen molar-refractivity contribution in [2.75, 3.05) is 6.54 Å². The smallest absolute Gasteiger partial charge is 0.242 e. The molecule has 1 aromatic carbocycles. The summed E-state index contributed by atoms with van der Waals surface area (Å²) in [5.41, 5.74) is 5.96. The normalized spacial score (nSPS) is 13.5. The summed E-state index contributed by atoms with van der Waals surface area (Å²) in [4.78, 5) is 0.0160. The van der Waals surface area contributed by atoms with Crippen LogP contribution in [0.15, 0.2) is 17.0 Å². The molecule has 0 fully saturated rings. The highest BCUT2D eigenvalue weighted by molar-refractivity contribution is 7.89. The van der Waals surface area contributed by atoms with Crippen LogP contribution in [-0.2, 0) is 16.6 Å². The molecule has 4 nitrogen and oxygen atoms in total. The summed E-state index contributed by atoms with van der Waals surface area (Å²) < 4.78 is 26.9. The molecule has 0 saturated carbocycles. The lowest BCUT2D eigenvalue weighted by Crippen LogP contribution is -2.28. The summed E-state index contributed by atoms with van der Waals surface area (Å²) in [6.45, 7) is 4.43. The molecule has 0 bridgehead atoms. The fourth-order valence-corrected chi connectivity index (χ4v) is 3.54. The number of benzene rings is 1. The van der Waals surface area contributed by atoms with Crippen LogP contribution < -0.4 is 10.5 Å². The van der Waals surface area contributed by atoms with Gasteiger partial charge in [-0.05, 0) is 18.1 Å². The van der Waals surface area contributed by atoms with E-state index in [9.17, 15) is 8.42 Å². The second kappa shape index (κ2) is 6.90. The fraction of sp³-hybridized carbons (Fsp3) is 0.500. The summed E-state index contributed by atoms with van der Waals surface area (Å²) in [5, 5.41) is 0.458. The van der Waals surface area contributed by atoms with Gasteiger partial charge in [-0.2, -0.15) is 0 Å². The monoisotopic (exact) mass is 324 g/mol. The number of hydrogen-bond donors (Lipinski definition) is 2. The zero-order valence-electron chi connectivity index (χ0n) is 10.9. The highest BCUT2D eigenvalue weighted by atomic mass is 35.5. The quantitative estimate of drug-likeness (QED) is 0.845. The molecule has 7 heteroatoms. The predicted octanol–water partition coefficient (Wildman–Crippen LogP) is 2.78. The highest BCUT2D eigenvalue weighted by Crippen LogP contribution is 2.30. The van der Waals surface area contributed by atoms with Gasteiger partial charge < -0.3 is 5.73 Å². The second-order valence-corrected chi connectivity index (χ2v) is 6.93. The maximum Gasteiger partial charge on any atom is 0.242 e. The van der Waals surface area contributed by atoms with Crippen LogP contribution in [0, 0.1) is 5.92 Å². The van der Waals surface area contributed by atoms with Crippen LogP contribution in [0.3, 0.4) is 0 Å². The van der Waals surface area contributed by atoms with Gasteiger partial charge in [0.05, 0.1) is 5.02 Å². The van der Waals surface area contributed by atoms with Gasteiger partial charge in [-0.1, -0.05) is 43.5 Å². The standard InChI is InChI=1S/C12H18Cl2N2O2S/c1-3-8(2)7-16-19(17,18)11-5-4-10(13)9(6-15)12(11)14/h4-5,8,16H,3,6-7,15H2,1-2H3. The first-order chi connectivity index (χ1) is 8.83. The molecule has 0 aliphatic rings. The Bertz CT molecular complexity index is 547. The molecule has 1 atom stereocenters. The SMILES string of the molecule is CCC(C)CNS(=O)(=O)c1ccc(Cl)c(CN)c1Cl. The molecule has 0 radical (unpaired) electrons. The van der Waals surface area contributed by atoms with Crippen LogP contribution in [0.5, 0.6) is 0 Å². The van der Waals surface area contributed by atoms with Gasteiger partial charge in [0, 0.05) is 23.7 Å². The van der Waals surface area contributed by atoms with E-state index in [0.29, 0.717) is 17.1 Å². The molecule has 0 heterocycles. The first-order valence-corrected chi connectivity index (χ1v) is 8.24. The summed E-state index contributed by atoms with van der Waals surface area (Å²) in [5.74, 6) is 0.259. The van der Waals surface area contributed by atoms with Gasteiger partial charge >= 0.3 is 0 Å². The number of nitrogens with one attached hydrogen (secondary N) is 1. The van der Waals surface area contributed by atoms with Gasteiger partial charge in [0.15, 0.2) is 0 Å². The van der Waals surface area contributed by atoms with Crippen molar-refractivity contribution in [2.45, 2.75) is 31.7 Å². The molecule has 3 N–H and O–H groups in total.